The van der Waals surface area contributed by atoms with Crippen LogP contribution in [0.4, 0.5) is 10.1 Å². The molecule has 0 saturated heterocycles. The topological polar surface area (TPSA) is 108 Å². The van der Waals surface area contributed by atoms with Gasteiger partial charge in [0.05, 0.1) is 17.8 Å². The molecule has 0 fully saturated rings. The monoisotopic (exact) mass is 364 g/mol. The molecule has 8 heteroatoms. The van der Waals surface area contributed by atoms with Crippen molar-refractivity contribution in [2.45, 2.75) is 6.54 Å². The lowest BCUT2D eigenvalue weighted by Gasteiger charge is -2.09. The van der Waals surface area contributed by atoms with Gasteiger partial charge in [-0.1, -0.05) is 30.3 Å². The molecule has 27 heavy (non-hydrogen) atoms. The summed E-state index contributed by atoms with van der Waals surface area (Å²) in [5.74, 6) is -1.36. The van der Waals surface area contributed by atoms with Crippen LogP contribution in [0.5, 0.6) is 0 Å². The highest BCUT2D eigenvalue weighted by Gasteiger charge is 2.17. The number of anilines is 1. The maximum Gasteiger partial charge on any atom is 0.328 e. The third-order valence-electron chi connectivity index (χ3n) is 3.89. The lowest BCUT2D eigenvalue weighted by atomic mass is 10.2. The summed E-state index contributed by atoms with van der Waals surface area (Å²) in [6.07, 6.45) is 0.993. The largest absolute Gasteiger partial charge is 0.328 e. The van der Waals surface area contributed by atoms with Crippen LogP contribution in [-0.2, 0) is 6.54 Å². The van der Waals surface area contributed by atoms with Gasteiger partial charge in [0.1, 0.15) is 17.4 Å². The van der Waals surface area contributed by atoms with Gasteiger partial charge < -0.3 is 10.3 Å². The molecule has 0 aliphatic heterocycles. The number of rotatable bonds is 4. The van der Waals surface area contributed by atoms with E-state index in [2.05, 4.69) is 10.3 Å². The molecule has 0 spiro atoms. The summed E-state index contributed by atoms with van der Waals surface area (Å²) in [6.45, 7) is -0.323. The normalized spacial score (nSPS) is 10.2. The molecule has 0 atom stereocenters. The van der Waals surface area contributed by atoms with Gasteiger partial charge in [-0.05, 0) is 18.2 Å². The molecule has 134 valence electrons. The van der Waals surface area contributed by atoms with Crippen LogP contribution in [0.15, 0.2) is 64.3 Å². The van der Waals surface area contributed by atoms with E-state index in [4.69, 9.17) is 5.26 Å². The third-order valence-corrected chi connectivity index (χ3v) is 3.89. The van der Waals surface area contributed by atoms with E-state index < -0.39 is 23.0 Å². The minimum Gasteiger partial charge on any atom is -0.321 e. The first-order chi connectivity index (χ1) is 13.0. The van der Waals surface area contributed by atoms with Crippen LogP contribution in [0, 0.1) is 17.1 Å². The summed E-state index contributed by atoms with van der Waals surface area (Å²) in [5, 5.41) is 11.5. The van der Waals surface area contributed by atoms with Crippen LogP contribution in [0.3, 0.4) is 0 Å². The zero-order valence-electron chi connectivity index (χ0n) is 13.9. The Morgan fingerprint density at radius 2 is 1.85 bits per heavy atom. The molecule has 0 bridgehead atoms. The Morgan fingerprint density at radius 1 is 1.15 bits per heavy atom. The number of hydrogen-bond donors (Lipinski definition) is 2. The molecule has 0 aliphatic carbocycles. The quantitative estimate of drug-likeness (QED) is 0.736. The van der Waals surface area contributed by atoms with Crippen molar-refractivity contribution in [1.82, 2.24) is 9.55 Å². The lowest BCUT2D eigenvalue weighted by molar-refractivity contribution is 0.102. The molecule has 0 unspecified atom stereocenters. The Kier molecular flexibility index (Phi) is 4.95. The van der Waals surface area contributed by atoms with E-state index in [1.54, 1.807) is 18.2 Å². The van der Waals surface area contributed by atoms with E-state index in [-0.39, 0.29) is 28.9 Å². The highest BCUT2D eigenvalue weighted by atomic mass is 19.1. The standard InChI is InChI=1S/C19H13FN4O3/c20-15-7-3-1-6-13(15)11-24-18(26)14(10-22-19(24)27)17(25)23-16-8-4-2-5-12(16)9-21/h1-8,10H,11H2,(H,22,27)(H,23,25). The van der Waals surface area contributed by atoms with E-state index in [9.17, 15) is 18.8 Å². The van der Waals surface area contributed by atoms with Gasteiger partial charge in [-0.2, -0.15) is 5.26 Å². The molecule has 0 saturated carbocycles. The first-order valence-electron chi connectivity index (χ1n) is 7.87. The minimum atomic E-state index is -0.867. The number of hydrogen-bond acceptors (Lipinski definition) is 4. The second-order valence-electron chi connectivity index (χ2n) is 5.60. The van der Waals surface area contributed by atoms with Crippen molar-refractivity contribution < 1.29 is 9.18 Å². The van der Waals surface area contributed by atoms with Gasteiger partial charge in [-0.3, -0.25) is 14.2 Å². The number of benzene rings is 2. The number of aromatic nitrogens is 2. The van der Waals surface area contributed by atoms with Crippen molar-refractivity contribution >= 4 is 11.6 Å². The van der Waals surface area contributed by atoms with Crippen LogP contribution < -0.4 is 16.6 Å². The van der Waals surface area contributed by atoms with Crippen LogP contribution in [0.25, 0.3) is 0 Å². The molecule has 0 radical (unpaired) electrons. The molecule has 3 rings (SSSR count). The predicted molar refractivity (Wildman–Crippen MR) is 95.9 cm³/mol. The van der Waals surface area contributed by atoms with Crippen molar-refractivity contribution in [2.24, 2.45) is 0 Å². The average molecular weight is 364 g/mol. The Morgan fingerprint density at radius 3 is 2.59 bits per heavy atom. The molecule has 7 nitrogen and oxygen atoms in total. The van der Waals surface area contributed by atoms with E-state index in [1.807, 2.05) is 6.07 Å². The number of para-hydroxylation sites is 1. The van der Waals surface area contributed by atoms with Gasteiger partial charge in [0, 0.05) is 11.8 Å². The number of amides is 1. The molecule has 2 aromatic carbocycles. The number of H-pyrrole nitrogens is 1. The zero-order chi connectivity index (χ0) is 19.4. The maximum absolute atomic E-state index is 13.8. The number of halogens is 1. The second-order valence-corrected chi connectivity index (χ2v) is 5.60. The SMILES string of the molecule is N#Cc1ccccc1NC(=O)c1c[nH]c(=O)n(Cc2ccccc2F)c1=O. The highest BCUT2D eigenvalue weighted by molar-refractivity contribution is 6.04. The summed E-state index contributed by atoms with van der Waals surface area (Å²) in [6, 6.07) is 13.9. The fraction of sp³-hybridized carbons (Fsp3) is 0.0526. The minimum absolute atomic E-state index is 0.137. The van der Waals surface area contributed by atoms with Gasteiger partial charge in [-0.25, -0.2) is 9.18 Å². The number of aromatic amines is 1. The van der Waals surface area contributed by atoms with Crippen LogP contribution >= 0.6 is 0 Å². The Balaban J connectivity index is 1.97. The molecule has 0 aliphatic rings. The summed E-state index contributed by atoms with van der Waals surface area (Å²) in [5.41, 5.74) is -1.37. The van der Waals surface area contributed by atoms with Gasteiger partial charge in [0.2, 0.25) is 0 Å². The van der Waals surface area contributed by atoms with Gasteiger partial charge in [0.15, 0.2) is 0 Å². The Labute approximate surface area is 152 Å². The second kappa shape index (κ2) is 7.49. The van der Waals surface area contributed by atoms with Crippen LogP contribution in [-0.4, -0.2) is 15.5 Å². The number of nitriles is 1. The van der Waals surface area contributed by atoms with Crippen LogP contribution in [0.2, 0.25) is 0 Å². The van der Waals surface area contributed by atoms with E-state index in [0.29, 0.717) is 0 Å². The summed E-state index contributed by atoms with van der Waals surface area (Å²) < 4.78 is 14.6. The third kappa shape index (κ3) is 3.67. The molecular formula is C19H13FN4O3. The van der Waals surface area contributed by atoms with Crippen LogP contribution in [0.1, 0.15) is 21.5 Å². The summed E-state index contributed by atoms with van der Waals surface area (Å²) in [7, 11) is 0. The molecule has 3 aromatic rings. The highest BCUT2D eigenvalue weighted by Crippen LogP contribution is 2.14. The molecule has 1 aromatic heterocycles. The summed E-state index contributed by atoms with van der Waals surface area (Å²) >= 11 is 0. The first-order valence-corrected chi connectivity index (χ1v) is 7.87. The average Bonchev–Trinajstić information content (AvgIpc) is 2.67. The molecular weight excluding hydrogens is 351 g/mol. The van der Waals surface area contributed by atoms with Gasteiger partial charge >= 0.3 is 5.69 Å². The van der Waals surface area contributed by atoms with E-state index in [1.165, 1.54) is 30.3 Å². The Bertz CT molecular complexity index is 1170. The molecule has 1 heterocycles. The van der Waals surface area contributed by atoms with Crippen molar-refractivity contribution in [3.8, 4) is 6.07 Å². The van der Waals surface area contributed by atoms with E-state index >= 15 is 0 Å². The van der Waals surface area contributed by atoms with Crippen molar-refractivity contribution in [1.29, 1.82) is 5.26 Å². The number of nitrogens with zero attached hydrogens (tertiary/aromatic N) is 2. The molecule has 1 amide bonds. The first kappa shape index (κ1) is 17.8. The van der Waals surface area contributed by atoms with E-state index in [0.717, 1.165) is 10.8 Å². The smallest absolute Gasteiger partial charge is 0.321 e. The zero-order valence-corrected chi connectivity index (χ0v) is 13.9. The molecule has 2 N–H and O–H groups in total. The lowest BCUT2D eigenvalue weighted by Crippen LogP contribution is -2.39. The van der Waals surface area contributed by atoms with Crippen molar-refractivity contribution in [2.75, 3.05) is 5.32 Å². The fourth-order valence-corrected chi connectivity index (χ4v) is 2.49. The van der Waals surface area contributed by atoms with Crippen molar-refractivity contribution in [3.05, 3.63) is 98.1 Å². The number of carbonyl (C=O) groups excluding carboxylic acids is 1. The maximum atomic E-state index is 13.8. The van der Waals surface area contributed by atoms with Gasteiger partial charge in [0.25, 0.3) is 11.5 Å². The predicted octanol–water partition coefficient (Wildman–Crippen LogP) is 1.85. The van der Waals surface area contributed by atoms with Gasteiger partial charge in [-0.15, -0.1) is 0 Å². The fourth-order valence-electron chi connectivity index (χ4n) is 2.49. The van der Waals surface area contributed by atoms with Crippen molar-refractivity contribution in [3.63, 3.8) is 0 Å². The number of nitrogens with one attached hydrogen (secondary N) is 2. The number of carbonyl (C=O) groups is 1. The summed E-state index contributed by atoms with van der Waals surface area (Å²) in [4.78, 5) is 39.3. The Hall–Kier alpha value is -3.99.